The molecule has 1 aromatic rings. The highest BCUT2D eigenvalue weighted by molar-refractivity contribution is 7.87. The summed E-state index contributed by atoms with van der Waals surface area (Å²) in [6, 6.07) is 4.20. The summed E-state index contributed by atoms with van der Waals surface area (Å²) in [4.78, 5) is 22.7. The Morgan fingerprint density at radius 1 is 1.42 bits per heavy atom. The van der Waals surface area contributed by atoms with Crippen molar-refractivity contribution in [2.45, 2.75) is 13.3 Å². The number of phenolic OH excluding ortho intramolecular Hbond substituents is 1. The van der Waals surface area contributed by atoms with Crippen molar-refractivity contribution < 1.29 is 23.6 Å². The topological polar surface area (TPSA) is 95.9 Å². The van der Waals surface area contributed by atoms with E-state index in [0.29, 0.717) is 16.7 Å². The molecule has 0 aliphatic carbocycles. The number of phenols is 1. The molecule has 2 N–H and O–H groups in total. The van der Waals surface area contributed by atoms with E-state index in [1.165, 1.54) is 18.2 Å². The number of benzene rings is 1. The Hall–Kier alpha value is -2.09. The summed E-state index contributed by atoms with van der Waals surface area (Å²) < 4.78 is 19.6. The molecule has 7 nitrogen and oxygen atoms in total. The second-order valence-corrected chi connectivity index (χ2v) is 4.85. The lowest BCUT2D eigenvalue weighted by Crippen LogP contribution is -2.27. The summed E-state index contributed by atoms with van der Waals surface area (Å²) >= 11 is -2.03. The number of ether oxygens (including phenoxy) is 1. The van der Waals surface area contributed by atoms with Crippen LogP contribution in [-0.4, -0.2) is 27.7 Å². The maximum atomic E-state index is 11.6. The average molecular weight is 284 g/mol. The molecule has 19 heavy (non-hydrogen) atoms. The summed E-state index contributed by atoms with van der Waals surface area (Å²) in [5.74, 6) is -1.81. The fourth-order valence-electron chi connectivity index (χ4n) is 1.51. The first kappa shape index (κ1) is 13.3. The molecule has 0 bridgehead atoms. The molecule has 0 radical (unpaired) electrons. The first-order valence-corrected chi connectivity index (χ1v) is 6.68. The predicted molar refractivity (Wildman–Crippen MR) is 67.7 cm³/mol. The van der Waals surface area contributed by atoms with Gasteiger partial charge < -0.3 is 9.84 Å². The molecule has 1 aliphatic rings. The zero-order valence-electron chi connectivity index (χ0n) is 10.1. The van der Waals surface area contributed by atoms with Crippen molar-refractivity contribution in [3.63, 3.8) is 0 Å². The summed E-state index contributed by atoms with van der Waals surface area (Å²) in [6.07, 6.45) is 0.796. The number of rotatable bonds is 4. The van der Waals surface area contributed by atoms with E-state index in [-0.39, 0.29) is 11.4 Å². The third kappa shape index (κ3) is 2.53. The van der Waals surface area contributed by atoms with E-state index in [2.05, 4.69) is 0 Å². The minimum Gasteiger partial charge on any atom is -0.506 e. The number of nitrogens with zero attached hydrogens (tertiary/aromatic N) is 1. The van der Waals surface area contributed by atoms with Crippen molar-refractivity contribution in [1.82, 2.24) is 4.72 Å². The van der Waals surface area contributed by atoms with Crippen LogP contribution >= 0.6 is 0 Å². The quantitative estimate of drug-likeness (QED) is 0.771. The Labute approximate surface area is 111 Å². The van der Waals surface area contributed by atoms with E-state index < -0.39 is 23.0 Å². The van der Waals surface area contributed by atoms with E-state index >= 15 is 0 Å². The van der Waals surface area contributed by atoms with Crippen molar-refractivity contribution >= 4 is 28.7 Å². The molecule has 1 fully saturated rings. The van der Waals surface area contributed by atoms with E-state index in [0.717, 1.165) is 6.42 Å². The van der Waals surface area contributed by atoms with Gasteiger partial charge >= 0.3 is 11.8 Å². The largest absolute Gasteiger partial charge is 0.506 e. The molecule has 2 rings (SSSR count). The van der Waals surface area contributed by atoms with Gasteiger partial charge in [0.25, 0.3) is 0 Å². The molecular weight excluding hydrogens is 272 g/mol. The van der Waals surface area contributed by atoms with Crippen LogP contribution in [0.15, 0.2) is 18.2 Å². The van der Waals surface area contributed by atoms with Gasteiger partial charge in [-0.1, -0.05) is 6.92 Å². The Kier molecular flexibility index (Phi) is 3.70. The van der Waals surface area contributed by atoms with Gasteiger partial charge in [-0.25, -0.2) is 8.93 Å². The molecular formula is C11H12N2O5S. The smallest absolute Gasteiger partial charge is 0.330 e. The fraction of sp³-hybridized carbons (Fsp3) is 0.273. The van der Waals surface area contributed by atoms with Gasteiger partial charge in [0.1, 0.15) is 17.2 Å². The van der Waals surface area contributed by atoms with Crippen molar-refractivity contribution in [2.24, 2.45) is 0 Å². The maximum absolute atomic E-state index is 11.6. The number of nitrogens with one attached hydrogen (secondary N) is 1. The lowest BCUT2D eigenvalue weighted by Gasteiger charge is -2.14. The highest BCUT2D eigenvalue weighted by atomic mass is 32.2. The maximum Gasteiger partial charge on any atom is 0.330 e. The number of hydrogen-bond acceptors (Lipinski definition) is 5. The number of anilines is 1. The zero-order chi connectivity index (χ0) is 14.0. The van der Waals surface area contributed by atoms with Crippen LogP contribution in [0.5, 0.6) is 11.5 Å². The van der Waals surface area contributed by atoms with Crippen LogP contribution in [0.1, 0.15) is 13.3 Å². The van der Waals surface area contributed by atoms with Crippen LogP contribution < -0.4 is 13.8 Å². The van der Waals surface area contributed by atoms with E-state index in [4.69, 9.17) is 4.74 Å². The van der Waals surface area contributed by atoms with Crippen LogP contribution in [-0.2, 0) is 20.8 Å². The van der Waals surface area contributed by atoms with E-state index in [1.54, 1.807) is 0 Å². The zero-order valence-corrected chi connectivity index (χ0v) is 10.9. The Morgan fingerprint density at radius 3 is 2.74 bits per heavy atom. The van der Waals surface area contributed by atoms with E-state index in [9.17, 15) is 18.9 Å². The molecule has 1 atom stereocenters. The molecule has 1 saturated heterocycles. The third-order valence-corrected chi connectivity index (χ3v) is 3.42. The van der Waals surface area contributed by atoms with Crippen molar-refractivity contribution in [1.29, 1.82) is 0 Å². The SMILES string of the molecule is CCCOc1ccc(O)c(N2C(=O)C(=O)NS2=O)c1. The molecule has 0 aromatic heterocycles. The van der Waals surface area contributed by atoms with Crippen LogP contribution in [0.3, 0.4) is 0 Å². The van der Waals surface area contributed by atoms with Crippen molar-refractivity contribution in [3.8, 4) is 11.5 Å². The Morgan fingerprint density at radius 2 is 2.16 bits per heavy atom. The van der Waals surface area contributed by atoms with Gasteiger partial charge in [0, 0.05) is 6.07 Å². The standard InChI is InChI=1S/C11H12N2O5S/c1-2-5-18-7-3-4-9(14)8(6-7)13-11(16)10(15)12-19(13)17/h3-4,6,14H,2,5H2,1H3,(H,12,15). The summed E-state index contributed by atoms with van der Waals surface area (Å²) in [6.45, 7) is 2.40. The summed E-state index contributed by atoms with van der Waals surface area (Å²) in [5, 5.41) is 9.72. The number of hydrogen-bond donors (Lipinski definition) is 2. The number of amides is 2. The lowest BCUT2D eigenvalue weighted by atomic mass is 10.2. The van der Waals surface area contributed by atoms with Gasteiger partial charge in [0.05, 0.1) is 6.61 Å². The molecule has 8 heteroatoms. The molecule has 2 amide bonds. The van der Waals surface area contributed by atoms with Gasteiger partial charge in [-0.2, -0.15) is 4.31 Å². The van der Waals surface area contributed by atoms with Gasteiger partial charge in [-0.15, -0.1) is 0 Å². The highest BCUT2D eigenvalue weighted by Crippen LogP contribution is 2.33. The summed E-state index contributed by atoms with van der Waals surface area (Å²) in [5.41, 5.74) is -0.0321. The van der Waals surface area contributed by atoms with Gasteiger partial charge in [0.2, 0.25) is 11.2 Å². The van der Waals surface area contributed by atoms with Crippen LogP contribution in [0, 0.1) is 0 Å². The van der Waals surface area contributed by atoms with Crippen molar-refractivity contribution in [2.75, 3.05) is 10.9 Å². The van der Waals surface area contributed by atoms with Crippen LogP contribution in [0.4, 0.5) is 5.69 Å². The van der Waals surface area contributed by atoms with Crippen LogP contribution in [0.25, 0.3) is 0 Å². The molecule has 1 aliphatic heterocycles. The monoisotopic (exact) mass is 284 g/mol. The minimum absolute atomic E-state index is 0.0321. The number of carbonyl (C=O) groups excluding carboxylic acids is 2. The molecule has 0 saturated carbocycles. The molecule has 102 valence electrons. The van der Waals surface area contributed by atoms with E-state index in [1.807, 2.05) is 11.6 Å². The second kappa shape index (κ2) is 5.27. The lowest BCUT2D eigenvalue weighted by molar-refractivity contribution is -0.134. The van der Waals surface area contributed by atoms with Gasteiger partial charge in [-0.05, 0) is 18.6 Å². The Bertz CT molecular complexity index is 560. The van der Waals surface area contributed by atoms with Gasteiger partial charge in [0.15, 0.2) is 0 Å². The summed E-state index contributed by atoms with van der Waals surface area (Å²) in [7, 11) is 0. The second-order valence-electron chi connectivity index (χ2n) is 3.78. The predicted octanol–water partition coefficient (Wildman–Crippen LogP) is 0.223. The molecule has 0 spiro atoms. The van der Waals surface area contributed by atoms with Crippen LogP contribution in [0.2, 0.25) is 0 Å². The third-order valence-electron chi connectivity index (χ3n) is 2.36. The molecule has 1 heterocycles. The van der Waals surface area contributed by atoms with Gasteiger partial charge in [-0.3, -0.25) is 9.59 Å². The first-order chi connectivity index (χ1) is 9.04. The minimum atomic E-state index is -2.03. The Balaban J connectivity index is 2.35. The molecule has 1 unspecified atom stereocenters. The fourth-order valence-corrected chi connectivity index (χ4v) is 2.41. The normalized spacial score (nSPS) is 18.6. The van der Waals surface area contributed by atoms with Crippen molar-refractivity contribution in [3.05, 3.63) is 18.2 Å². The average Bonchev–Trinajstić information content (AvgIpc) is 2.63. The molecule has 1 aromatic carbocycles. The number of carbonyl (C=O) groups is 2. The number of aromatic hydroxyl groups is 1. The first-order valence-electron chi connectivity index (χ1n) is 5.57. The highest BCUT2D eigenvalue weighted by Gasteiger charge is 2.38.